The molecular weight excluding hydrogens is 304 g/mol. The van der Waals surface area contributed by atoms with E-state index in [4.69, 9.17) is 0 Å². The third-order valence-corrected chi connectivity index (χ3v) is 4.61. The van der Waals surface area contributed by atoms with Crippen molar-refractivity contribution in [3.8, 4) is 0 Å². The van der Waals surface area contributed by atoms with E-state index in [2.05, 4.69) is 38.9 Å². The van der Waals surface area contributed by atoms with Crippen molar-refractivity contribution < 1.29 is 0 Å². The lowest BCUT2D eigenvalue weighted by Crippen LogP contribution is -2.30. The Morgan fingerprint density at radius 2 is 1.12 bits per heavy atom. The summed E-state index contributed by atoms with van der Waals surface area (Å²) < 4.78 is 4.31. The van der Waals surface area contributed by atoms with Crippen LogP contribution in [0.1, 0.15) is 12.8 Å². The number of aryl methyl sites for hydroxylation is 2. The van der Waals surface area contributed by atoms with E-state index in [1.807, 2.05) is 37.2 Å². The zero-order valence-electron chi connectivity index (χ0n) is 13.3. The third-order valence-electron chi connectivity index (χ3n) is 4.61. The van der Waals surface area contributed by atoms with Crippen LogP contribution in [0.4, 0.5) is 23.5 Å². The Labute approximate surface area is 139 Å². The minimum absolute atomic E-state index is 0.839. The van der Waals surface area contributed by atoms with Gasteiger partial charge in [0.15, 0.2) is 11.6 Å². The molecule has 2 aliphatic rings. The second-order valence-electron chi connectivity index (χ2n) is 6.08. The van der Waals surface area contributed by atoms with E-state index in [1.165, 1.54) is 0 Å². The van der Waals surface area contributed by atoms with Crippen molar-refractivity contribution in [3.63, 3.8) is 0 Å². The van der Waals surface area contributed by atoms with E-state index in [0.29, 0.717) is 0 Å². The van der Waals surface area contributed by atoms with Gasteiger partial charge in [-0.2, -0.15) is 0 Å². The number of anilines is 4. The predicted octanol–water partition coefficient (Wildman–Crippen LogP) is 1.95. The smallest absolute Gasteiger partial charge is 0.211 e. The number of imidazole rings is 2. The second-order valence-corrected chi connectivity index (χ2v) is 6.08. The molecule has 0 atom stereocenters. The summed E-state index contributed by atoms with van der Waals surface area (Å²) >= 11 is 0. The van der Waals surface area contributed by atoms with E-state index in [0.717, 1.165) is 62.6 Å². The van der Waals surface area contributed by atoms with E-state index in [-0.39, 0.29) is 0 Å². The first kappa shape index (κ1) is 13.5. The van der Waals surface area contributed by atoms with Crippen LogP contribution in [0.2, 0.25) is 0 Å². The van der Waals surface area contributed by atoms with Crippen molar-refractivity contribution in [3.05, 3.63) is 37.2 Å². The molecule has 0 radical (unpaired) electrons. The van der Waals surface area contributed by atoms with Crippen molar-refractivity contribution >= 4 is 23.5 Å². The summed E-state index contributed by atoms with van der Waals surface area (Å²) in [5, 5.41) is 0. The van der Waals surface area contributed by atoms with Crippen LogP contribution in [-0.4, -0.2) is 42.2 Å². The lowest BCUT2D eigenvalue weighted by atomic mass is 10.3. The van der Waals surface area contributed by atoms with Crippen LogP contribution in [0, 0.1) is 0 Å². The molecule has 8 nitrogen and oxygen atoms in total. The first-order valence-corrected chi connectivity index (χ1v) is 8.29. The van der Waals surface area contributed by atoms with Gasteiger partial charge >= 0.3 is 0 Å². The molecule has 3 aromatic rings. The highest BCUT2D eigenvalue weighted by atomic mass is 15.4. The Morgan fingerprint density at radius 1 is 0.625 bits per heavy atom. The monoisotopic (exact) mass is 322 g/mol. The van der Waals surface area contributed by atoms with E-state index < -0.39 is 0 Å². The second kappa shape index (κ2) is 5.33. The molecule has 5 heterocycles. The van der Waals surface area contributed by atoms with Gasteiger partial charge in [-0.25, -0.2) is 19.9 Å². The number of fused-ring (bicyclic) bond motifs is 2. The van der Waals surface area contributed by atoms with Gasteiger partial charge in [-0.05, 0) is 12.8 Å². The summed E-state index contributed by atoms with van der Waals surface area (Å²) in [5.41, 5.74) is 0. The van der Waals surface area contributed by atoms with Gasteiger partial charge < -0.3 is 9.13 Å². The number of rotatable bonds is 2. The number of aromatic nitrogens is 6. The van der Waals surface area contributed by atoms with Crippen LogP contribution in [0.15, 0.2) is 37.2 Å². The van der Waals surface area contributed by atoms with Gasteiger partial charge in [-0.1, -0.05) is 0 Å². The first-order valence-electron chi connectivity index (χ1n) is 8.29. The topological polar surface area (TPSA) is 67.9 Å². The van der Waals surface area contributed by atoms with Gasteiger partial charge in [0, 0.05) is 51.0 Å². The Balaban J connectivity index is 1.45. The van der Waals surface area contributed by atoms with Crippen molar-refractivity contribution in [1.29, 1.82) is 0 Å². The van der Waals surface area contributed by atoms with E-state index >= 15 is 0 Å². The third kappa shape index (κ3) is 2.06. The molecule has 0 bridgehead atoms. The Kier molecular flexibility index (Phi) is 3.00. The van der Waals surface area contributed by atoms with Crippen LogP contribution in [0.3, 0.4) is 0 Å². The molecule has 0 N–H and O–H groups in total. The lowest BCUT2D eigenvalue weighted by Gasteiger charge is -2.29. The maximum atomic E-state index is 4.64. The SMILES string of the molecule is c1cn2c(n1)N(c1cnc(N3CCCn4ccnc43)cn1)CCC2. The normalized spacial score (nSPS) is 16.8. The van der Waals surface area contributed by atoms with Gasteiger partial charge in [-0.3, -0.25) is 9.80 Å². The fourth-order valence-electron chi connectivity index (χ4n) is 3.47. The highest BCUT2D eigenvalue weighted by molar-refractivity contribution is 5.57. The number of hydrogen-bond donors (Lipinski definition) is 0. The Hall–Kier alpha value is -2.90. The Morgan fingerprint density at radius 3 is 1.58 bits per heavy atom. The molecule has 0 unspecified atom stereocenters. The molecule has 0 aromatic carbocycles. The maximum absolute atomic E-state index is 4.64. The number of hydrogen-bond acceptors (Lipinski definition) is 6. The largest absolute Gasteiger partial charge is 0.317 e. The molecule has 8 heteroatoms. The van der Waals surface area contributed by atoms with Crippen LogP contribution in [0.5, 0.6) is 0 Å². The van der Waals surface area contributed by atoms with Crippen LogP contribution >= 0.6 is 0 Å². The molecule has 24 heavy (non-hydrogen) atoms. The van der Waals surface area contributed by atoms with Crippen LogP contribution in [-0.2, 0) is 13.1 Å². The van der Waals surface area contributed by atoms with Gasteiger partial charge in [-0.15, -0.1) is 0 Å². The van der Waals surface area contributed by atoms with Crippen molar-refractivity contribution in [1.82, 2.24) is 29.1 Å². The van der Waals surface area contributed by atoms with Crippen molar-refractivity contribution in [2.75, 3.05) is 22.9 Å². The van der Waals surface area contributed by atoms with Gasteiger partial charge in [0.05, 0.1) is 12.4 Å². The summed E-state index contributed by atoms with van der Waals surface area (Å²) in [5.74, 6) is 3.56. The van der Waals surface area contributed by atoms with E-state index in [9.17, 15) is 0 Å². The number of nitrogens with zero attached hydrogens (tertiary/aromatic N) is 8. The molecule has 0 aliphatic carbocycles. The summed E-state index contributed by atoms with van der Waals surface area (Å²) in [7, 11) is 0. The van der Waals surface area contributed by atoms with Crippen molar-refractivity contribution in [2.24, 2.45) is 0 Å². The predicted molar refractivity (Wildman–Crippen MR) is 89.7 cm³/mol. The van der Waals surface area contributed by atoms with Crippen LogP contribution in [0.25, 0.3) is 0 Å². The molecular formula is C16H18N8. The highest BCUT2D eigenvalue weighted by Crippen LogP contribution is 2.29. The molecule has 0 saturated carbocycles. The quantitative estimate of drug-likeness (QED) is 0.718. The molecule has 0 amide bonds. The summed E-state index contributed by atoms with van der Waals surface area (Å²) in [6.45, 7) is 3.85. The van der Waals surface area contributed by atoms with E-state index in [1.54, 1.807) is 0 Å². The fraction of sp³-hybridized carbons (Fsp3) is 0.375. The summed E-state index contributed by atoms with van der Waals surface area (Å²) in [4.78, 5) is 22.4. The highest BCUT2D eigenvalue weighted by Gasteiger charge is 2.23. The molecule has 2 aliphatic heterocycles. The minimum atomic E-state index is 0.839. The van der Waals surface area contributed by atoms with Gasteiger partial charge in [0.2, 0.25) is 11.9 Å². The summed E-state index contributed by atoms with van der Waals surface area (Å²) in [6, 6.07) is 0. The fourth-order valence-corrected chi connectivity index (χ4v) is 3.47. The standard InChI is InChI=1S/C16H18N8/c1-5-21-9-3-17-15(21)23(7-1)13-11-20-14(12-19-13)24-8-2-6-22-10-4-18-16(22)24/h3-4,9-12H,1-2,5-8H2. The molecule has 5 rings (SSSR count). The van der Waals surface area contributed by atoms with Crippen molar-refractivity contribution in [2.45, 2.75) is 25.9 Å². The molecule has 0 fully saturated rings. The lowest BCUT2D eigenvalue weighted by molar-refractivity contribution is 0.584. The maximum Gasteiger partial charge on any atom is 0.211 e. The molecule has 0 saturated heterocycles. The zero-order valence-corrected chi connectivity index (χ0v) is 13.3. The zero-order chi connectivity index (χ0) is 15.9. The average molecular weight is 322 g/mol. The van der Waals surface area contributed by atoms with Gasteiger partial charge in [0.25, 0.3) is 0 Å². The molecule has 3 aromatic heterocycles. The summed E-state index contributed by atoms with van der Waals surface area (Å²) in [6.07, 6.45) is 13.5. The molecule has 122 valence electrons. The Bertz CT molecular complexity index is 778. The minimum Gasteiger partial charge on any atom is -0.317 e. The molecule has 0 spiro atoms. The van der Waals surface area contributed by atoms with Gasteiger partial charge in [0.1, 0.15) is 0 Å². The van der Waals surface area contributed by atoms with Crippen LogP contribution < -0.4 is 9.80 Å². The first-order chi connectivity index (χ1) is 11.9. The average Bonchev–Trinajstić information content (AvgIpc) is 3.30.